The van der Waals surface area contributed by atoms with Gasteiger partial charge >= 0.3 is 5.69 Å². The van der Waals surface area contributed by atoms with Crippen LogP contribution in [-0.2, 0) is 6.54 Å². The molecule has 0 aliphatic heterocycles. The zero-order valence-electron chi connectivity index (χ0n) is 19.0. The summed E-state index contributed by atoms with van der Waals surface area (Å²) < 4.78 is 12.3. The smallest absolute Gasteiger partial charge is 0.328 e. The Bertz CT molecular complexity index is 1240. The van der Waals surface area contributed by atoms with Crippen molar-refractivity contribution >= 4 is 16.8 Å². The summed E-state index contributed by atoms with van der Waals surface area (Å²) in [4.78, 5) is 40.0. The van der Waals surface area contributed by atoms with E-state index < -0.39 is 5.69 Å². The number of nitrogens with one attached hydrogen (secondary N) is 2. The Morgan fingerprint density at radius 2 is 1.84 bits per heavy atom. The molecule has 1 unspecified atom stereocenters. The summed E-state index contributed by atoms with van der Waals surface area (Å²) in [7, 11) is 1.58. The Morgan fingerprint density at radius 1 is 1.09 bits per heavy atom. The Hall–Kier alpha value is -3.55. The first-order chi connectivity index (χ1) is 15.2. The number of nitrogens with zero attached hydrogens (tertiary/aromatic N) is 1. The maximum atomic E-state index is 12.8. The molecule has 0 spiro atoms. The highest BCUT2D eigenvalue weighted by Crippen LogP contribution is 2.30. The van der Waals surface area contributed by atoms with Crippen LogP contribution in [-0.4, -0.2) is 29.2 Å². The predicted octanol–water partition coefficient (Wildman–Crippen LogP) is 3.24. The molecular weight excluding hydrogens is 410 g/mol. The molecule has 0 aliphatic carbocycles. The van der Waals surface area contributed by atoms with Crippen molar-refractivity contribution in [1.82, 2.24) is 14.9 Å². The standard InChI is InChI=1S/C24H29N3O5/c1-6-27-23(29)18-9-7-17(11-19(18)26-24(27)30)22(28)25-15(4)16-8-10-20(21(12-16)31-5)32-13-14(2)3/h7-12,14-15H,6,13H2,1-5H3,(H,25,28)(H,26,30). The van der Waals surface area contributed by atoms with Crippen LogP contribution >= 0.6 is 0 Å². The lowest BCUT2D eigenvalue weighted by atomic mass is 10.1. The molecule has 1 aromatic heterocycles. The Kier molecular flexibility index (Phi) is 7.02. The van der Waals surface area contributed by atoms with Crippen LogP contribution in [0.3, 0.4) is 0 Å². The largest absolute Gasteiger partial charge is 0.493 e. The summed E-state index contributed by atoms with van der Waals surface area (Å²) in [6.07, 6.45) is 0. The van der Waals surface area contributed by atoms with Crippen LogP contribution < -0.4 is 26.0 Å². The Morgan fingerprint density at radius 3 is 2.50 bits per heavy atom. The average molecular weight is 440 g/mol. The molecule has 0 radical (unpaired) electrons. The highest BCUT2D eigenvalue weighted by molar-refractivity contribution is 5.97. The van der Waals surface area contributed by atoms with E-state index in [1.807, 2.05) is 25.1 Å². The number of ether oxygens (including phenoxy) is 2. The molecular formula is C24H29N3O5. The Balaban J connectivity index is 1.81. The van der Waals surface area contributed by atoms with Crippen molar-refractivity contribution in [3.63, 3.8) is 0 Å². The van der Waals surface area contributed by atoms with Gasteiger partial charge in [0.25, 0.3) is 11.5 Å². The van der Waals surface area contributed by atoms with E-state index >= 15 is 0 Å². The first-order valence-corrected chi connectivity index (χ1v) is 10.6. The number of hydrogen-bond donors (Lipinski definition) is 2. The lowest BCUT2D eigenvalue weighted by molar-refractivity contribution is 0.0940. The number of methoxy groups -OCH3 is 1. The predicted molar refractivity (Wildman–Crippen MR) is 124 cm³/mol. The second-order valence-electron chi connectivity index (χ2n) is 8.05. The molecule has 0 bridgehead atoms. The normalized spacial score (nSPS) is 12.1. The number of aromatic amines is 1. The quantitative estimate of drug-likeness (QED) is 0.561. The van der Waals surface area contributed by atoms with E-state index in [0.29, 0.717) is 40.5 Å². The zero-order valence-corrected chi connectivity index (χ0v) is 19.0. The topological polar surface area (TPSA) is 102 Å². The van der Waals surface area contributed by atoms with Crippen LogP contribution in [0.2, 0.25) is 0 Å². The number of fused-ring (bicyclic) bond motifs is 1. The number of carbonyl (C=O) groups excluding carboxylic acids is 1. The maximum absolute atomic E-state index is 12.8. The number of rotatable bonds is 8. The number of H-pyrrole nitrogens is 1. The van der Waals surface area contributed by atoms with Gasteiger partial charge in [-0.1, -0.05) is 19.9 Å². The summed E-state index contributed by atoms with van der Waals surface area (Å²) in [5, 5.41) is 3.30. The third kappa shape index (κ3) is 4.85. The minimum Gasteiger partial charge on any atom is -0.493 e. The molecule has 32 heavy (non-hydrogen) atoms. The van der Waals surface area contributed by atoms with Crippen molar-refractivity contribution in [3.05, 3.63) is 68.4 Å². The molecule has 8 nitrogen and oxygen atoms in total. The van der Waals surface area contributed by atoms with Gasteiger partial charge in [0.15, 0.2) is 11.5 Å². The van der Waals surface area contributed by atoms with Crippen molar-refractivity contribution in [2.24, 2.45) is 5.92 Å². The first kappa shape index (κ1) is 23.1. The first-order valence-electron chi connectivity index (χ1n) is 10.6. The molecule has 1 atom stereocenters. The van der Waals surface area contributed by atoms with Crippen molar-refractivity contribution in [3.8, 4) is 11.5 Å². The molecule has 1 heterocycles. The lowest BCUT2D eigenvalue weighted by Crippen LogP contribution is -2.34. The van der Waals surface area contributed by atoms with E-state index in [1.165, 1.54) is 6.07 Å². The minimum atomic E-state index is -0.497. The number of carbonyl (C=O) groups is 1. The van der Waals surface area contributed by atoms with Crippen LogP contribution in [0.5, 0.6) is 11.5 Å². The van der Waals surface area contributed by atoms with Gasteiger partial charge in [-0.3, -0.25) is 14.2 Å². The molecule has 170 valence electrons. The van der Waals surface area contributed by atoms with E-state index in [0.717, 1.165) is 10.1 Å². The fourth-order valence-electron chi connectivity index (χ4n) is 3.38. The van der Waals surface area contributed by atoms with Crippen LogP contribution in [0.15, 0.2) is 46.0 Å². The summed E-state index contributed by atoms with van der Waals surface area (Å²) in [6, 6.07) is 9.90. The third-order valence-electron chi connectivity index (χ3n) is 5.17. The average Bonchev–Trinajstić information content (AvgIpc) is 2.77. The fraction of sp³-hybridized carbons (Fsp3) is 0.375. The highest BCUT2D eigenvalue weighted by atomic mass is 16.5. The second kappa shape index (κ2) is 9.72. The van der Waals surface area contributed by atoms with Crippen LogP contribution in [0.4, 0.5) is 0 Å². The van der Waals surface area contributed by atoms with E-state index in [4.69, 9.17) is 9.47 Å². The van der Waals surface area contributed by atoms with Gasteiger partial charge < -0.3 is 19.8 Å². The van der Waals surface area contributed by atoms with Gasteiger partial charge in [0.05, 0.1) is 30.7 Å². The molecule has 0 saturated carbocycles. The number of benzene rings is 2. The monoisotopic (exact) mass is 439 g/mol. The molecule has 0 fully saturated rings. The summed E-state index contributed by atoms with van der Waals surface area (Å²) >= 11 is 0. The zero-order chi connectivity index (χ0) is 23.4. The van der Waals surface area contributed by atoms with Gasteiger partial charge in [-0.2, -0.15) is 0 Å². The SMILES string of the molecule is CCn1c(=O)[nH]c2cc(C(=O)NC(C)c3ccc(OCC(C)C)c(OC)c3)ccc2c1=O. The van der Waals surface area contributed by atoms with Gasteiger partial charge in [-0.25, -0.2) is 4.79 Å². The molecule has 0 aliphatic rings. The molecule has 2 N–H and O–H groups in total. The minimum absolute atomic E-state index is 0.272. The lowest BCUT2D eigenvalue weighted by Gasteiger charge is -2.18. The van der Waals surface area contributed by atoms with Gasteiger partial charge in [-0.05, 0) is 55.7 Å². The van der Waals surface area contributed by atoms with Crippen LogP contribution in [0.25, 0.3) is 10.9 Å². The number of hydrogen-bond acceptors (Lipinski definition) is 5. The molecule has 2 aromatic carbocycles. The number of amides is 1. The van der Waals surface area contributed by atoms with E-state index in [-0.39, 0.29) is 24.1 Å². The Labute approximate surface area is 186 Å². The van der Waals surface area contributed by atoms with Crippen molar-refractivity contribution < 1.29 is 14.3 Å². The summed E-state index contributed by atoms with van der Waals surface area (Å²) in [6.45, 7) is 8.58. The summed E-state index contributed by atoms with van der Waals surface area (Å²) in [5.74, 6) is 1.32. The van der Waals surface area contributed by atoms with Crippen molar-refractivity contribution in [2.45, 2.75) is 40.3 Å². The van der Waals surface area contributed by atoms with Gasteiger partial charge in [0, 0.05) is 12.1 Å². The van der Waals surface area contributed by atoms with Gasteiger partial charge in [0.1, 0.15) is 0 Å². The fourth-order valence-corrected chi connectivity index (χ4v) is 3.38. The van der Waals surface area contributed by atoms with Crippen molar-refractivity contribution in [2.75, 3.05) is 13.7 Å². The van der Waals surface area contributed by atoms with Gasteiger partial charge in [-0.15, -0.1) is 0 Å². The summed E-state index contributed by atoms with van der Waals surface area (Å²) in [5.41, 5.74) is 0.657. The third-order valence-corrected chi connectivity index (χ3v) is 5.17. The molecule has 3 aromatic rings. The molecule has 0 saturated heterocycles. The van der Waals surface area contributed by atoms with Crippen molar-refractivity contribution in [1.29, 1.82) is 0 Å². The molecule has 1 amide bonds. The maximum Gasteiger partial charge on any atom is 0.328 e. The molecule has 3 rings (SSSR count). The van der Waals surface area contributed by atoms with E-state index in [9.17, 15) is 14.4 Å². The van der Waals surface area contributed by atoms with E-state index in [1.54, 1.807) is 26.2 Å². The van der Waals surface area contributed by atoms with Crippen LogP contribution in [0.1, 0.15) is 49.7 Å². The van der Waals surface area contributed by atoms with Crippen LogP contribution in [0, 0.1) is 5.92 Å². The van der Waals surface area contributed by atoms with Gasteiger partial charge in [0.2, 0.25) is 0 Å². The van der Waals surface area contributed by atoms with E-state index in [2.05, 4.69) is 24.1 Å². The second-order valence-corrected chi connectivity index (χ2v) is 8.05. The highest BCUT2D eigenvalue weighted by Gasteiger charge is 2.16. The molecule has 8 heteroatoms. The number of aromatic nitrogens is 2.